The summed E-state index contributed by atoms with van der Waals surface area (Å²) in [7, 11) is 46.6. The van der Waals surface area contributed by atoms with Gasteiger partial charge in [0.2, 0.25) is 0 Å². The number of fused-ring (bicyclic) bond motifs is 5. The molecule has 0 aromatic rings. The van der Waals surface area contributed by atoms with Gasteiger partial charge in [0.05, 0.1) is 59.0 Å². The lowest BCUT2D eigenvalue weighted by atomic mass is 9.46. The largest absolute Gasteiger partial charge is 0.392 e. The first-order chi connectivity index (χ1) is 26.2. The number of aliphatic hydroxyl groups excluding tert-OH is 1. The first-order valence-corrected chi connectivity index (χ1v) is 68.7. The van der Waals surface area contributed by atoms with Crippen molar-refractivity contribution in [2.24, 2.45) is 22.7 Å². The van der Waals surface area contributed by atoms with E-state index in [0.717, 1.165) is 11.1 Å². The van der Waals surface area contributed by atoms with Crippen LogP contribution < -0.4 is 0 Å². The highest BCUT2D eigenvalue weighted by Gasteiger charge is 2.73. The van der Waals surface area contributed by atoms with E-state index in [9.17, 15) is 10.2 Å². The molecule has 22 unspecified atom stereocenters. The van der Waals surface area contributed by atoms with Crippen molar-refractivity contribution in [3.05, 3.63) is 11.1 Å². The van der Waals surface area contributed by atoms with E-state index in [1.165, 1.54) is 0 Å². The molecule has 2 bridgehead atoms. The van der Waals surface area contributed by atoms with Crippen molar-refractivity contribution in [3.63, 3.8) is 0 Å². The molecule has 37 heteroatoms. The van der Waals surface area contributed by atoms with Crippen LogP contribution in [0.4, 0.5) is 0 Å². The Balaban J connectivity index is 2.06. The highest BCUT2D eigenvalue weighted by atomic mass is 33.2. The Morgan fingerprint density at radius 1 is 0.737 bits per heavy atom. The third kappa shape index (κ3) is 13.9. The van der Waals surface area contributed by atoms with Gasteiger partial charge in [-0.2, -0.15) is 0 Å². The van der Waals surface area contributed by atoms with Crippen molar-refractivity contribution in [1.29, 1.82) is 0 Å². The van der Waals surface area contributed by atoms with Crippen molar-refractivity contribution >= 4 is 249 Å². The molecule has 4 rings (SSSR count). The van der Waals surface area contributed by atoms with Crippen molar-refractivity contribution in [2.45, 2.75) is 76.7 Å². The van der Waals surface area contributed by atoms with Gasteiger partial charge in [-0.1, -0.05) is 30.7 Å². The number of hydrogen-bond donors (Lipinski definition) is 2. The standard InChI is InChI=1S/C20H60O7P30/c1-8-10(25-47(55(43)51(35)36)57(53(39)40)54(41)42)5-9-14(21)16-19(4,11(6-12-20(16,23)7-24-12)26-45(48(29)30)49(31)32)17(22)15(13(8)18(9,2)3)27-46(50(33)34)56(44-28)52(37)38/h9-12,14-16,21,23,44H,5-7,28-43H2,1-4H3/t9?,10-,11-,12+,14+,15+,16-,19+,20-,46?,47?,55?,56?/m0/s1. The average molecular weight is 1340 g/mol. The van der Waals surface area contributed by atoms with Gasteiger partial charge in [0.15, 0.2) is 5.78 Å². The third-order valence-electron chi connectivity index (χ3n) is 10.8. The molecule has 0 aromatic heterocycles. The Bertz CT molecular complexity index is 1410. The van der Waals surface area contributed by atoms with Crippen molar-refractivity contribution in [1.82, 2.24) is 0 Å². The number of ether oxygens (including phenoxy) is 1. The van der Waals surface area contributed by atoms with Gasteiger partial charge in [-0.15, -0.1) is 134 Å². The molecule has 0 spiro atoms. The Morgan fingerprint density at radius 2 is 1.28 bits per heavy atom. The number of aliphatic hydroxyl groups is 2. The molecule has 4 aliphatic rings. The zero-order valence-electron chi connectivity index (χ0n) is 31.6. The number of ketones is 1. The van der Waals surface area contributed by atoms with Gasteiger partial charge in [-0.25, -0.2) is 0 Å². The smallest absolute Gasteiger partial charge is 0.175 e. The number of rotatable bonds is 17. The molecule has 30 atom stereocenters. The van der Waals surface area contributed by atoms with Crippen LogP contribution in [0, 0.1) is 22.7 Å². The van der Waals surface area contributed by atoms with Gasteiger partial charge in [-0.05, 0) is 91.7 Å². The van der Waals surface area contributed by atoms with Gasteiger partial charge in [0, 0.05) is 33.3 Å². The molecule has 1 heterocycles. The minimum absolute atomic E-state index is 0.0770. The topological polar surface area (TPSA) is 94.5 Å². The van der Waals surface area contributed by atoms with Gasteiger partial charge < -0.3 is 28.5 Å². The predicted molar refractivity (Wildman–Crippen MR) is 345 cm³/mol. The monoisotopic (exact) mass is 1340 g/mol. The molecule has 0 aromatic carbocycles. The van der Waals surface area contributed by atoms with Crippen molar-refractivity contribution in [2.75, 3.05) is 6.61 Å². The molecule has 1 aliphatic heterocycles. The lowest BCUT2D eigenvalue weighted by Crippen LogP contribution is -2.78. The SMILES string of the molecule is CC1=C2[C@@H](OP(P(P)P)P(PP)P(P)P)C(=O)[C@]3(C)[C@@H](OP(P(P)P)P(P)P)C[C@H]4OC[C@@]4(O)[C@H]3[C@H](O)C(C[C@@H]1OP(P(P)P(P)P)P(P(P)P)P(P)P)C2(C)C. The predicted octanol–water partition coefficient (Wildman–Crippen LogP) is 18.0. The van der Waals surface area contributed by atoms with Crippen LogP contribution in [0.2, 0.25) is 0 Å². The zero-order valence-corrected chi connectivity index (χ0v) is 62.8. The molecule has 57 heavy (non-hydrogen) atoms. The number of hydrogen-bond acceptors (Lipinski definition) is 7. The molecular weight excluding hydrogens is 1280 g/mol. The fourth-order valence-electron chi connectivity index (χ4n) is 8.28. The Kier molecular flexibility index (Phi) is 28.9. The van der Waals surface area contributed by atoms with Crippen LogP contribution >= 0.6 is 243 Å². The summed E-state index contributed by atoms with van der Waals surface area (Å²) in [5.74, 6) is -1.22. The van der Waals surface area contributed by atoms with Gasteiger partial charge in [0.25, 0.3) is 0 Å². The Morgan fingerprint density at radius 3 is 1.70 bits per heavy atom. The van der Waals surface area contributed by atoms with Crippen LogP contribution in [-0.2, 0) is 23.1 Å². The molecule has 3 fully saturated rings. The molecule has 1 saturated heterocycles. The zero-order chi connectivity index (χ0) is 43.4. The fraction of sp³-hybridized carbons (Fsp3) is 0.850. The van der Waals surface area contributed by atoms with E-state index < -0.39 is 139 Å². The Labute approximate surface area is 395 Å². The van der Waals surface area contributed by atoms with Crippen LogP contribution in [0.15, 0.2) is 11.1 Å². The van der Waals surface area contributed by atoms with Crippen LogP contribution in [0.5, 0.6) is 0 Å². The fourth-order valence-corrected chi connectivity index (χ4v) is 203. The summed E-state index contributed by atoms with van der Waals surface area (Å²) >= 11 is 0. The van der Waals surface area contributed by atoms with E-state index in [1.54, 1.807) is 0 Å². The second-order valence-corrected chi connectivity index (χ2v) is 121. The molecule has 3 aliphatic carbocycles. The van der Waals surface area contributed by atoms with Crippen LogP contribution in [0.25, 0.3) is 0 Å². The molecule has 2 saturated carbocycles. The minimum Gasteiger partial charge on any atom is -0.392 e. The summed E-state index contributed by atoms with van der Waals surface area (Å²) in [6.07, 6.45) is -2.33. The number of Topliss-reactive ketones (excluding diaryl/α,β-unsaturated/α-hetero) is 1. The second kappa shape index (κ2) is 26.7. The molecule has 0 amide bonds. The normalized spacial score (nSPS) is 35.6. The Hall–Kier alpha value is 12.1. The van der Waals surface area contributed by atoms with Crippen LogP contribution in [0.1, 0.15) is 40.5 Å². The molecule has 7 nitrogen and oxygen atoms in total. The van der Waals surface area contributed by atoms with Crippen molar-refractivity contribution in [3.8, 4) is 0 Å². The third-order valence-corrected chi connectivity index (χ3v) is 151. The summed E-state index contributed by atoms with van der Waals surface area (Å²) < 4.78 is 28.6. The maximum absolute atomic E-state index is 16.4. The van der Waals surface area contributed by atoms with E-state index in [0.29, 0.717) is 20.8 Å². The van der Waals surface area contributed by atoms with Crippen LogP contribution in [0.3, 0.4) is 0 Å². The van der Waals surface area contributed by atoms with Gasteiger partial charge in [0.1, 0.15) is 11.7 Å². The maximum Gasteiger partial charge on any atom is 0.175 e. The van der Waals surface area contributed by atoms with Gasteiger partial charge >= 0.3 is 0 Å². The highest BCUT2D eigenvalue weighted by Crippen LogP contribution is 3.18. The molecule has 2 N–H and O–H groups in total. The summed E-state index contributed by atoms with van der Waals surface area (Å²) in [6.45, 7) is 3.41. The van der Waals surface area contributed by atoms with E-state index >= 15 is 4.79 Å². The van der Waals surface area contributed by atoms with E-state index in [4.69, 9.17) is 18.3 Å². The highest BCUT2D eigenvalue weighted by molar-refractivity contribution is 9.19. The van der Waals surface area contributed by atoms with E-state index in [1.807, 2.05) is 6.92 Å². The lowest BCUT2D eigenvalue weighted by molar-refractivity contribution is -0.330. The summed E-state index contributed by atoms with van der Waals surface area (Å²) in [5, 5.41) is 26.0. The summed E-state index contributed by atoms with van der Waals surface area (Å²) in [4.78, 5) is 16.4. The van der Waals surface area contributed by atoms with E-state index in [-0.39, 0.29) is 24.4 Å². The minimum atomic E-state index is -1.38. The lowest BCUT2D eigenvalue weighted by Gasteiger charge is -2.66. The number of carbonyl (C=O) groups excluding carboxylic acids is 1. The van der Waals surface area contributed by atoms with Gasteiger partial charge in [-0.3, -0.25) is 4.79 Å². The molecule has 0 radical (unpaired) electrons. The summed E-state index contributed by atoms with van der Waals surface area (Å²) in [6, 6.07) is 0. The quantitative estimate of drug-likeness (QED) is 0.111. The van der Waals surface area contributed by atoms with Crippen LogP contribution in [-0.4, -0.2) is 58.7 Å². The van der Waals surface area contributed by atoms with Crippen molar-refractivity contribution < 1.29 is 33.3 Å². The first-order valence-electron chi connectivity index (χ1n) is 16.6. The molecular formula is C20H60O7P30. The molecule has 332 valence electrons. The second-order valence-electron chi connectivity index (χ2n) is 14.4. The first kappa shape index (κ1) is 61.6. The summed E-state index contributed by atoms with van der Waals surface area (Å²) in [5.41, 5.74) is -1.24. The maximum atomic E-state index is 16.4. The average Bonchev–Trinajstić information content (AvgIpc) is 3.08. The number of carbonyl (C=O) groups is 1. The van der Waals surface area contributed by atoms with E-state index in [2.05, 4.69) is 164 Å².